The molecular weight excluding hydrogens is 154 g/mol. The molecule has 0 bridgehead atoms. The number of nitrogens with zero attached hydrogens (tertiary/aromatic N) is 1. The summed E-state index contributed by atoms with van der Waals surface area (Å²) in [4.78, 5) is 11.1. The fourth-order valence-corrected chi connectivity index (χ4v) is 2.20. The number of esters is 1. The molecule has 1 saturated heterocycles. The van der Waals surface area contributed by atoms with E-state index in [1.807, 2.05) is 6.07 Å². The molecule has 12 heavy (non-hydrogen) atoms. The van der Waals surface area contributed by atoms with Crippen molar-refractivity contribution in [3.63, 3.8) is 0 Å². The Morgan fingerprint density at radius 1 is 1.42 bits per heavy atom. The molecule has 2 rings (SSSR count). The van der Waals surface area contributed by atoms with Gasteiger partial charge in [-0.1, -0.05) is 6.42 Å². The summed E-state index contributed by atoms with van der Waals surface area (Å²) >= 11 is 0. The van der Waals surface area contributed by atoms with Crippen LogP contribution in [-0.2, 0) is 9.53 Å². The monoisotopic (exact) mass is 165 g/mol. The van der Waals surface area contributed by atoms with E-state index in [1.165, 1.54) is 0 Å². The molecular formula is C9H11NO2. The predicted molar refractivity (Wildman–Crippen MR) is 40.9 cm³/mol. The van der Waals surface area contributed by atoms with Crippen LogP contribution in [-0.4, -0.2) is 12.1 Å². The van der Waals surface area contributed by atoms with Gasteiger partial charge in [0, 0.05) is 5.92 Å². The Morgan fingerprint density at radius 2 is 2.17 bits per heavy atom. The fraction of sp³-hybridized carbons (Fsp3) is 0.778. The number of ether oxygens (including phenoxy) is 1. The topological polar surface area (TPSA) is 50.1 Å². The minimum absolute atomic E-state index is 0.0518. The molecule has 3 atom stereocenters. The molecule has 0 radical (unpaired) electrons. The highest BCUT2D eigenvalue weighted by Crippen LogP contribution is 2.38. The van der Waals surface area contributed by atoms with Crippen LogP contribution in [0.2, 0.25) is 0 Å². The van der Waals surface area contributed by atoms with Crippen molar-refractivity contribution in [3.8, 4) is 6.07 Å². The third kappa shape index (κ3) is 0.989. The SMILES string of the molecule is N#C[C@@H]1C(=O)O[C@H]2CCCC[C@H]21. The number of carbonyl (C=O) groups is 1. The van der Waals surface area contributed by atoms with Crippen LogP contribution in [0, 0.1) is 23.2 Å². The highest BCUT2D eigenvalue weighted by atomic mass is 16.6. The van der Waals surface area contributed by atoms with Crippen LogP contribution >= 0.6 is 0 Å². The van der Waals surface area contributed by atoms with Gasteiger partial charge in [-0.15, -0.1) is 0 Å². The first kappa shape index (κ1) is 7.60. The van der Waals surface area contributed by atoms with Crippen molar-refractivity contribution in [3.05, 3.63) is 0 Å². The fourth-order valence-electron chi connectivity index (χ4n) is 2.20. The van der Waals surface area contributed by atoms with Crippen LogP contribution in [0.4, 0.5) is 0 Å². The van der Waals surface area contributed by atoms with Gasteiger partial charge >= 0.3 is 5.97 Å². The predicted octanol–water partition coefficient (Wildman–Crippen LogP) is 1.24. The third-order valence-corrected chi connectivity index (χ3v) is 2.84. The van der Waals surface area contributed by atoms with E-state index in [9.17, 15) is 4.79 Å². The van der Waals surface area contributed by atoms with Crippen molar-refractivity contribution in [2.24, 2.45) is 11.8 Å². The molecule has 1 aliphatic heterocycles. The van der Waals surface area contributed by atoms with Crippen LogP contribution in [0.5, 0.6) is 0 Å². The van der Waals surface area contributed by atoms with Gasteiger partial charge in [0.25, 0.3) is 0 Å². The maximum Gasteiger partial charge on any atom is 0.324 e. The van der Waals surface area contributed by atoms with E-state index in [1.54, 1.807) is 0 Å². The second kappa shape index (κ2) is 2.78. The molecule has 0 amide bonds. The largest absolute Gasteiger partial charge is 0.461 e. The number of carbonyl (C=O) groups excluding carboxylic acids is 1. The molecule has 1 aliphatic carbocycles. The Bertz CT molecular complexity index is 243. The average Bonchev–Trinajstić information content (AvgIpc) is 2.40. The lowest BCUT2D eigenvalue weighted by Gasteiger charge is -2.22. The van der Waals surface area contributed by atoms with Crippen LogP contribution < -0.4 is 0 Å². The molecule has 0 N–H and O–H groups in total. The van der Waals surface area contributed by atoms with Gasteiger partial charge in [-0.25, -0.2) is 0 Å². The van der Waals surface area contributed by atoms with Crippen molar-refractivity contribution < 1.29 is 9.53 Å². The van der Waals surface area contributed by atoms with Crippen LogP contribution in [0.15, 0.2) is 0 Å². The summed E-state index contributed by atoms with van der Waals surface area (Å²) in [5.41, 5.74) is 0. The highest BCUT2D eigenvalue weighted by Gasteiger charge is 2.45. The average molecular weight is 165 g/mol. The molecule has 0 aromatic rings. The van der Waals surface area contributed by atoms with Crippen molar-refractivity contribution in [2.45, 2.75) is 31.8 Å². The molecule has 0 aromatic heterocycles. The molecule has 64 valence electrons. The molecule has 0 aromatic carbocycles. The second-order valence-electron chi connectivity index (χ2n) is 3.53. The lowest BCUT2D eigenvalue weighted by molar-refractivity contribution is -0.143. The maximum absolute atomic E-state index is 11.1. The lowest BCUT2D eigenvalue weighted by Crippen LogP contribution is -2.23. The first-order valence-electron chi connectivity index (χ1n) is 4.43. The lowest BCUT2D eigenvalue weighted by atomic mass is 9.81. The molecule has 1 heterocycles. The van der Waals surface area contributed by atoms with E-state index in [4.69, 9.17) is 10.00 Å². The highest BCUT2D eigenvalue weighted by molar-refractivity contribution is 5.78. The van der Waals surface area contributed by atoms with Crippen molar-refractivity contribution in [1.29, 1.82) is 5.26 Å². The van der Waals surface area contributed by atoms with Gasteiger partial charge in [0.2, 0.25) is 0 Å². The molecule has 3 heteroatoms. The second-order valence-corrected chi connectivity index (χ2v) is 3.53. The Balaban J connectivity index is 2.17. The van der Waals surface area contributed by atoms with E-state index in [-0.39, 0.29) is 18.0 Å². The summed E-state index contributed by atoms with van der Waals surface area (Å²) in [6.07, 6.45) is 4.25. The Labute approximate surface area is 71.3 Å². The van der Waals surface area contributed by atoms with Crippen molar-refractivity contribution in [2.75, 3.05) is 0 Å². The van der Waals surface area contributed by atoms with Gasteiger partial charge in [-0.05, 0) is 19.3 Å². The third-order valence-electron chi connectivity index (χ3n) is 2.84. The smallest absolute Gasteiger partial charge is 0.324 e. The number of fused-ring (bicyclic) bond motifs is 1. The molecule has 2 aliphatic rings. The maximum atomic E-state index is 11.1. The zero-order valence-electron chi connectivity index (χ0n) is 6.82. The van der Waals surface area contributed by atoms with Gasteiger partial charge < -0.3 is 4.74 Å². The number of hydrogen-bond acceptors (Lipinski definition) is 3. The van der Waals surface area contributed by atoms with E-state index >= 15 is 0 Å². The molecule has 2 fully saturated rings. The summed E-state index contributed by atoms with van der Waals surface area (Å²) in [6, 6.07) is 2.04. The van der Waals surface area contributed by atoms with Crippen LogP contribution in [0.25, 0.3) is 0 Å². The van der Waals surface area contributed by atoms with Gasteiger partial charge in [0.1, 0.15) is 12.0 Å². The minimum Gasteiger partial charge on any atom is -0.461 e. The molecule has 1 saturated carbocycles. The minimum atomic E-state index is -0.477. The first-order valence-corrected chi connectivity index (χ1v) is 4.43. The Morgan fingerprint density at radius 3 is 2.92 bits per heavy atom. The van der Waals surface area contributed by atoms with Crippen LogP contribution in [0.1, 0.15) is 25.7 Å². The Kier molecular flexibility index (Phi) is 1.76. The number of nitriles is 1. The molecule has 0 unspecified atom stereocenters. The van der Waals surface area contributed by atoms with Crippen molar-refractivity contribution >= 4 is 5.97 Å². The summed E-state index contributed by atoms with van der Waals surface area (Å²) in [6.45, 7) is 0. The zero-order chi connectivity index (χ0) is 8.55. The number of rotatable bonds is 0. The van der Waals surface area contributed by atoms with Gasteiger partial charge in [-0.3, -0.25) is 4.79 Å². The first-order chi connectivity index (χ1) is 5.83. The van der Waals surface area contributed by atoms with E-state index in [0.717, 1.165) is 25.7 Å². The van der Waals surface area contributed by atoms with Crippen LogP contribution in [0.3, 0.4) is 0 Å². The summed E-state index contributed by atoms with van der Waals surface area (Å²) in [7, 11) is 0. The van der Waals surface area contributed by atoms with Gasteiger partial charge in [-0.2, -0.15) is 5.26 Å². The number of hydrogen-bond donors (Lipinski definition) is 0. The molecule has 3 nitrogen and oxygen atoms in total. The molecule has 0 spiro atoms. The van der Waals surface area contributed by atoms with Gasteiger partial charge in [0.05, 0.1) is 6.07 Å². The van der Waals surface area contributed by atoms with E-state index < -0.39 is 5.92 Å². The zero-order valence-corrected chi connectivity index (χ0v) is 6.82. The summed E-state index contributed by atoms with van der Waals surface area (Å²) < 4.78 is 5.11. The summed E-state index contributed by atoms with van der Waals surface area (Å²) in [5.74, 6) is -0.582. The quantitative estimate of drug-likeness (QED) is 0.507. The normalized spacial score (nSPS) is 39.9. The standard InChI is InChI=1S/C9H11NO2/c10-5-7-6-3-1-2-4-8(6)12-9(7)11/h6-8H,1-4H2/t6-,7-,8-/m0/s1. The van der Waals surface area contributed by atoms with Crippen molar-refractivity contribution in [1.82, 2.24) is 0 Å². The van der Waals surface area contributed by atoms with E-state index in [2.05, 4.69) is 0 Å². The van der Waals surface area contributed by atoms with Gasteiger partial charge in [0.15, 0.2) is 0 Å². The van der Waals surface area contributed by atoms with E-state index in [0.29, 0.717) is 0 Å². The summed E-state index contributed by atoms with van der Waals surface area (Å²) in [5, 5.41) is 8.72. The Hall–Kier alpha value is -1.04.